The van der Waals surface area contributed by atoms with E-state index >= 15 is 0 Å². The zero-order valence-electron chi connectivity index (χ0n) is 11.3. The third-order valence-electron chi connectivity index (χ3n) is 2.90. The van der Waals surface area contributed by atoms with Crippen LogP contribution in [0, 0.1) is 5.92 Å². The number of aliphatic hydroxyl groups is 1. The molecule has 1 N–H and O–H groups in total. The van der Waals surface area contributed by atoms with Crippen molar-refractivity contribution in [2.75, 3.05) is 13.2 Å². The van der Waals surface area contributed by atoms with E-state index in [0.717, 1.165) is 29.2 Å². The standard InChI is InChI=1S/C15H19NO3/c1-3-13-8-15(16-19-13)12-4-6-14(7-5-12)18-10-11(2)9-17/h4-8,11,17H,3,9-10H2,1-2H3. The van der Waals surface area contributed by atoms with Crippen molar-refractivity contribution in [2.45, 2.75) is 20.3 Å². The molecule has 102 valence electrons. The molecule has 0 saturated heterocycles. The summed E-state index contributed by atoms with van der Waals surface area (Å²) in [5.41, 5.74) is 1.85. The maximum atomic E-state index is 8.93. The van der Waals surface area contributed by atoms with Gasteiger partial charge in [0, 0.05) is 30.6 Å². The minimum atomic E-state index is 0.136. The topological polar surface area (TPSA) is 55.5 Å². The van der Waals surface area contributed by atoms with Gasteiger partial charge >= 0.3 is 0 Å². The number of aliphatic hydroxyl groups excluding tert-OH is 1. The lowest BCUT2D eigenvalue weighted by Gasteiger charge is -2.10. The smallest absolute Gasteiger partial charge is 0.137 e. The van der Waals surface area contributed by atoms with Crippen LogP contribution in [0.25, 0.3) is 11.3 Å². The third-order valence-corrected chi connectivity index (χ3v) is 2.90. The molecule has 0 spiro atoms. The highest BCUT2D eigenvalue weighted by Crippen LogP contribution is 2.22. The lowest BCUT2D eigenvalue weighted by Crippen LogP contribution is -2.11. The van der Waals surface area contributed by atoms with E-state index < -0.39 is 0 Å². The maximum Gasteiger partial charge on any atom is 0.137 e. The van der Waals surface area contributed by atoms with Crippen LogP contribution in [-0.2, 0) is 6.42 Å². The zero-order valence-corrected chi connectivity index (χ0v) is 11.3. The Balaban J connectivity index is 2.01. The Kier molecular flexibility index (Phi) is 4.58. The first-order valence-electron chi connectivity index (χ1n) is 6.52. The molecular formula is C15H19NO3. The van der Waals surface area contributed by atoms with Crippen LogP contribution in [0.1, 0.15) is 19.6 Å². The van der Waals surface area contributed by atoms with Gasteiger partial charge in [-0.25, -0.2) is 0 Å². The molecule has 0 radical (unpaired) electrons. The monoisotopic (exact) mass is 261 g/mol. The summed E-state index contributed by atoms with van der Waals surface area (Å²) in [6.45, 7) is 4.62. The second kappa shape index (κ2) is 6.38. The summed E-state index contributed by atoms with van der Waals surface area (Å²) in [5, 5.41) is 13.0. The van der Waals surface area contributed by atoms with Gasteiger partial charge in [0.1, 0.15) is 17.2 Å². The van der Waals surface area contributed by atoms with E-state index in [4.69, 9.17) is 14.4 Å². The molecule has 2 aromatic rings. The quantitative estimate of drug-likeness (QED) is 0.868. The molecule has 1 unspecified atom stereocenters. The molecule has 4 heteroatoms. The second-order valence-corrected chi connectivity index (χ2v) is 4.66. The van der Waals surface area contributed by atoms with Crippen molar-refractivity contribution >= 4 is 0 Å². The van der Waals surface area contributed by atoms with Crippen LogP contribution in [-0.4, -0.2) is 23.5 Å². The van der Waals surface area contributed by atoms with Crippen LogP contribution in [0.15, 0.2) is 34.9 Å². The Morgan fingerprint density at radius 1 is 1.32 bits per heavy atom. The van der Waals surface area contributed by atoms with Gasteiger partial charge in [-0.3, -0.25) is 0 Å². The van der Waals surface area contributed by atoms with Gasteiger partial charge in [-0.1, -0.05) is 19.0 Å². The number of hydrogen-bond acceptors (Lipinski definition) is 4. The third kappa shape index (κ3) is 3.58. The first kappa shape index (κ1) is 13.6. The molecule has 1 heterocycles. The van der Waals surface area contributed by atoms with Gasteiger partial charge in [0.15, 0.2) is 0 Å². The highest BCUT2D eigenvalue weighted by Gasteiger charge is 2.06. The average molecular weight is 261 g/mol. The predicted octanol–water partition coefficient (Wildman–Crippen LogP) is 2.91. The largest absolute Gasteiger partial charge is 0.493 e. The molecule has 1 atom stereocenters. The van der Waals surface area contributed by atoms with Crippen LogP contribution in [0.3, 0.4) is 0 Å². The number of aromatic nitrogens is 1. The fourth-order valence-electron chi connectivity index (χ4n) is 1.63. The fraction of sp³-hybridized carbons (Fsp3) is 0.400. The number of hydrogen-bond donors (Lipinski definition) is 1. The normalized spacial score (nSPS) is 12.4. The van der Waals surface area contributed by atoms with Crippen molar-refractivity contribution in [1.29, 1.82) is 0 Å². The molecule has 0 aliphatic heterocycles. The zero-order chi connectivity index (χ0) is 13.7. The first-order valence-corrected chi connectivity index (χ1v) is 6.52. The molecule has 19 heavy (non-hydrogen) atoms. The van der Waals surface area contributed by atoms with E-state index in [0.29, 0.717) is 6.61 Å². The Bertz CT molecular complexity index is 504. The minimum Gasteiger partial charge on any atom is -0.493 e. The average Bonchev–Trinajstić information content (AvgIpc) is 2.94. The number of aryl methyl sites for hydroxylation is 1. The molecule has 2 rings (SSSR count). The van der Waals surface area contributed by atoms with E-state index in [2.05, 4.69) is 5.16 Å². The number of nitrogens with zero attached hydrogens (tertiary/aromatic N) is 1. The van der Waals surface area contributed by atoms with E-state index in [1.807, 2.05) is 44.2 Å². The van der Waals surface area contributed by atoms with Crippen LogP contribution in [0.2, 0.25) is 0 Å². The van der Waals surface area contributed by atoms with Gasteiger partial charge < -0.3 is 14.4 Å². The highest BCUT2D eigenvalue weighted by molar-refractivity contribution is 5.59. The Hall–Kier alpha value is -1.81. The van der Waals surface area contributed by atoms with Gasteiger partial charge in [0.2, 0.25) is 0 Å². The molecular weight excluding hydrogens is 242 g/mol. The van der Waals surface area contributed by atoms with Crippen LogP contribution in [0.4, 0.5) is 0 Å². The maximum absolute atomic E-state index is 8.93. The number of rotatable bonds is 6. The van der Waals surface area contributed by atoms with E-state index in [1.165, 1.54) is 0 Å². The Morgan fingerprint density at radius 3 is 2.63 bits per heavy atom. The van der Waals surface area contributed by atoms with Gasteiger partial charge in [-0.2, -0.15) is 0 Å². The van der Waals surface area contributed by atoms with Crippen LogP contribution in [0.5, 0.6) is 5.75 Å². The summed E-state index contributed by atoms with van der Waals surface area (Å²) in [4.78, 5) is 0. The summed E-state index contributed by atoms with van der Waals surface area (Å²) in [5.74, 6) is 1.82. The van der Waals surface area contributed by atoms with E-state index in [-0.39, 0.29) is 12.5 Å². The molecule has 0 aliphatic carbocycles. The highest BCUT2D eigenvalue weighted by atomic mass is 16.5. The summed E-state index contributed by atoms with van der Waals surface area (Å²) >= 11 is 0. The van der Waals surface area contributed by atoms with Crippen LogP contribution < -0.4 is 4.74 Å². The van der Waals surface area contributed by atoms with Crippen molar-refractivity contribution in [3.8, 4) is 17.0 Å². The Labute approximate surface area is 113 Å². The van der Waals surface area contributed by atoms with Gasteiger partial charge in [-0.05, 0) is 24.3 Å². The summed E-state index contributed by atoms with van der Waals surface area (Å²) < 4.78 is 10.8. The molecule has 0 fully saturated rings. The Morgan fingerprint density at radius 2 is 2.05 bits per heavy atom. The molecule has 0 saturated carbocycles. The number of benzene rings is 1. The molecule has 1 aromatic carbocycles. The molecule has 4 nitrogen and oxygen atoms in total. The second-order valence-electron chi connectivity index (χ2n) is 4.66. The van der Waals surface area contributed by atoms with Crippen molar-refractivity contribution in [2.24, 2.45) is 5.92 Å². The van der Waals surface area contributed by atoms with Crippen LogP contribution >= 0.6 is 0 Å². The summed E-state index contributed by atoms with van der Waals surface area (Å²) in [6.07, 6.45) is 0.841. The lowest BCUT2D eigenvalue weighted by atomic mass is 10.1. The molecule has 0 amide bonds. The minimum absolute atomic E-state index is 0.136. The molecule has 0 bridgehead atoms. The number of ether oxygens (including phenoxy) is 1. The van der Waals surface area contributed by atoms with E-state index in [1.54, 1.807) is 0 Å². The van der Waals surface area contributed by atoms with Gasteiger partial charge in [0.05, 0.1) is 6.61 Å². The van der Waals surface area contributed by atoms with Crippen molar-refractivity contribution in [1.82, 2.24) is 5.16 Å². The summed E-state index contributed by atoms with van der Waals surface area (Å²) in [6, 6.07) is 9.66. The first-order chi connectivity index (χ1) is 9.22. The summed E-state index contributed by atoms with van der Waals surface area (Å²) in [7, 11) is 0. The van der Waals surface area contributed by atoms with Crippen molar-refractivity contribution in [3.05, 3.63) is 36.1 Å². The van der Waals surface area contributed by atoms with E-state index in [9.17, 15) is 0 Å². The van der Waals surface area contributed by atoms with Crippen molar-refractivity contribution in [3.63, 3.8) is 0 Å². The van der Waals surface area contributed by atoms with Gasteiger partial charge in [0.25, 0.3) is 0 Å². The SMILES string of the molecule is CCc1cc(-c2ccc(OCC(C)CO)cc2)no1. The van der Waals surface area contributed by atoms with Gasteiger partial charge in [-0.15, -0.1) is 0 Å². The van der Waals surface area contributed by atoms with Crippen molar-refractivity contribution < 1.29 is 14.4 Å². The lowest BCUT2D eigenvalue weighted by molar-refractivity contribution is 0.174. The molecule has 1 aromatic heterocycles. The fourth-order valence-corrected chi connectivity index (χ4v) is 1.63. The predicted molar refractivity (Wildman–Crippen MR) is 73.1 cm³/mol. The molecule has 0 aliphatic rings.